The van der Waals surface area contributed by atoms with Gasteiger partial charge in [-0.3, -0.25) is 4.79 Å². The van der Waals surface area contributed by atoms with Crippen LogP contribution in [0.1, 0.15) is 31.4 Å². The van der Waals surface area contributed by atoms with Gasteiger partial charge in [0, 0.05) is 13.4 Å². The van der Waals surface area contributed by atoms with E-state index >= 15 is 0 Å². The number of benzene rings is 1. The van der Waals surface area contributed by atoms with Crippen LogP contribution < -0.4 is 10.6 Å². The lowest BCUT2D eigenvalue weighted by atomic mass is 9.78. The lowest BCUT2D eigenvalue weighted by Crippen LogP contribution is -2.50. The maximum Gasteiger partial charge on any atom is 0.229 e. The van der Waals surface area contributed by atoms with Crippen molar-refractivity contribution < 1.29 is 17.9 Å². The van der Waals surface area contributed by atoms with Crippen LogP contribution in [-0.2, 0) is 19.4 Å². The lowest BCUT2D eigenvalue weighted by molar-refractivity contribution is -0.136. The van der Waals surface area contributed by atoms with Crippen molar-refractivity contribution in [3.8, 4) is 0 Å². The summed E-state index contributed by atoms with van der Waals surface area (Å²) in [4.78, 5) is 13.1. The van der Waals surface area contributed by atoms with Crippen LogP contribution in [0, 0.1) is 5.41 Å². The van der Waals surface area contributed by atoms with Gasteiger partial charge in [-0.15, -0.1) is 12.4 Å². The highest BCUT2D eigenvalue weighted by molar-refractivity contribution is 7.90. The van der Waals surface area contributed by atoms with E-state index in [4.69, 9.17) is 4.74 Å². The van der Waals surface area contributed by atoms with Gasteiger partial charge in [-0.2, -0.15) is 0 Å². The van der Waals surface area contributed by atoms with Crippen molar-refractivity contribution in [2.24, 2.45) is 5.41 Å². The summed E-state index contributed by atoms with van der Waals surface area (Å²) in [5.74, 6) is -0.00876. The van der Waals surface area contributed by atoms with Gasteiger partial charge in [-0.1, -0.05) is 12.1 Å². The Morgan fingerprint density at radius 3 is 2.32 bits per heavy atom. The molecule has 0 aliphatic carbocycles. The molecule has 25 heavy (non-hydrogen) atoms. The zero-order chi connectivity index (χ0) is 17.8. The van der Waals surface area contributed by atoms with Gasteiger partial charge in [0.05, 0.1) is 23.0 Å². The number of ether oxygens (including phenoxy) is 1. The first-order chi connectivity index (χ1) is 11.3. The van der Waals surface area contributed by atoms with E-state index in [1.54, 1.807) is 31.4 Å². The minimum Gasteiger partial charge on any atom is -0.384 e. The molecule has 0 radical (unpaired) electrons. The number of piperidine rings is 1. The van der Waals surface area contributed by atoms with Crippen LogP contribution >= 0.6 is 12.4 Å². The molecule has 0 saturated carbocycles. The van der Waals surface area contributed by atoms with Crippen LogP contribution in [0.3, 0.4) is 0 Å². The van der Waals surface area contributed by atoms with E-state index in [-0.39, 0.29) is 29.3 Å². The third-order valence-corrected chi connectivity index (χ3v) is 5.75. The number of nitrogens with one attached hydrogen (secondary N) is 2. The van der Waals surface area contributed by atoms with Crippen molar-refractivity contribution in [2.75, 3.05) is 33.1 Å². The van der Waals surface area contributed by atoms with Crippen LogP contribution in [0.15, 0.2) is 29.2 Å². The van der Waals surface area contributed by atoms with Crippen LogP contribution in [0.5, 0.6) is 0 Å². The highest BCUT2D eigenvalue weighted by atomic mass is 35.5. The molecule has 1 amide bonds. The average Bonchev–Trinajstić information content (AvgIpc) is 2.55. The van der Waals surface area contributed by atoms with Gasteiger partial charge in [0.25, 0.3) is 0 Å². The van der Waals surface area contributed by atoms with E-state index in [0.717, 1.165) is 31.5 Å². The zero-order valence-corrected chi connectivity index (χ0v) is 16.5. The maximum absolute atomic E-state index is 12.8. The van der Waals surface area contributed by atoms with Crippen LogP contribution in [0.2, 0.25) is 0 Å². The number of halogens is 1. The van der Waals surface area contributed by atoms with Gasteiger partial charge in [0.1, 0.15) is 0 Å². The highest BCUT2D eigenvalue weighted by Gasteiger charge is 2.40. The fourth-order valence-electron chi connectivity index (χ4n) is 3.06. The van der Waals surface area contributed by atoms with E-state index in [2.05, 4.69) is 10.6 Å². The van der Waals surface area contributed by atoms with E-state index in [9.17, 15) is 13.2 Å². The molecule has 1 atom stereocenters. The van der Waals surface area contributed by atoms with Gasteiger partial charge in [-0.25, -0.2) is 8.42 Å². The molecule has 8 heteroatoms. The predicted molar refractivity (Wildman–Crippen MR) is 99.8 cm³/mol. The maximum atomic E-state index is 12.8. The Bertz CT molecular complexity index is 665. The molecule has 142 valence electrons. The fourth-order valence-corrected chi connectivity index (χ4v) is 3.69. The number of carbonyl (C=O) groups excluding carboxylic acids is 1. The molecule has 2 rings (SSSR count). The number of hydrogen-bond acceptors (Lipinski definition) is 5. The normalized spacial score (nSPS) is 18.0. The van der Waals surface area contributed by atoms with Gasteiger partial charge in [-0.05, 0) is 50.6 Å². The van der Waals surface area contributed by atoms with Gasteiger partial charge in [0.2, 0.25) is 5.91 Å². The minimum atomic E-state index is -3.21. The van der Waals surface area contributed by atoms with E-state index in [1.807, 2.05) is 6.92 Å². The van der Waals surface area contributed by atoms with Gasteiger partial charge < -0.3 is 15.4 Å². The predicted octanol–water partition coefficient (Wildman–Crippen LogP) is 1.71. The second-order valence-corrected chi connectivity index (χ2v) is 8.52. The molecule has 0 aromatic heterocycles. The summed E-state index contributed by atoms with van der Waals surface area (Å²) in [7, 11) is -1.60. The number of amides is 1. The molecular formula is C17H27ClN2O4S. The summed E-state index contributed by atoms with van der Waals surface area (Å²) in [5, 5.41) is 6.32. The smallest absolute Gasteiger partial charge is 0.229 e. The van der Waals surface area contributed by atoms with Gasteiger partial charge >= 0.3 is 0 Å². The second-order valence-electron chi connectivity index (χ2n) is 6.50. The Labute approximate surface area is 156 Å². The number of sulfone groups is 1. The van der Waals surface area contributed by atoms with Crippen LogP contribution in [0.4, 0.5) is 0 Å². The SMILES string of the molecule is COCC1(C(=O)NC(C)c2ccc(S(C)(=O)=O)cc2)CCNCC1.Cl. The molecule has 1 aliphatic rings. The van der Waals surface area contributed by atoms with Crippen LogP contribution in [0.25, 0.3) is 0 Å². The zero-order valence-electron chi connectivity index (χ0n) is 14.9. The summed E-state index contributed by atoms with van der Waals surface area (Å²) in [6.07, 6.45) is 2.66. The van der Waals surface area contributed by atoms with Gasteiger partial charge in [0.15, 0.2) is 9.84 Å². The molecule has 0 bridgehead atoms. The molecule has 6 nitrogen and oxygen atoms in total. The molecule has 1 aliphatic heterocycles. The summed E-state index contributed by atoms with van der Waals surface area (Å²) in [6, 6.07) is 6.43. The number of methoxy groups -OCH3 is 1. The topological polar surface area (TPSA) is 84.5 Å². The Hall–Kier alpha value is -1.15. The number of hydrogen-bond donors (Lipinski definition) is 2. The Morgan fingerprint density at radius 2 is 1.84 bits per heavy atom. The first-order valence-corrected chi connectivity index (χ1v) is 9.98. The molecule has 1 heterocycles. The Balaban J connectivity index is 0.00000312. The van der Waals surface area contributed by atoms with Crippen molar-refractivity contribution in [3.05, 3.63) is 29.8 Å². The standard InChI is InChI=1S/C17H26N2O4S.ClH/c1-13(14-4-6-15(7-5-14)24(3,21)22)19-16(20)17(12-23-2)8-10-18-11-9-17;/h4-7,13,18H,8-12H2,1-3H3,(H,19,20);1H. The molecule has 1 aromatic rings. The summed E-state index contributed by atoms with van der Waals surface area (Å²) < 4.78 is 28.3. The molecule has 2 N–H and O–H groups in total. The lowest BCUT2D eigenvalue weighted by Gasteiger charge is -2.36. The summed E-state index contributed by atoms with van der Waals surface area (Å²) in [6.45, 7) is 3.90. The highest BCUT2D eigenvalue weighted by Crippen LogP contribution is 2.30. The third kappa shape index (κ3) is 5.41. The van der Waals surface area contributed by atoms with Crippen molar-refractivity contribution in [1.29, 1.82) is 0 Å². The molecular weight excluding hydrogens is 364 g/mol. The largest absolute Gasteiger partial charge is 0.384 e. The quantitative estimate of drug-likeness (QED) is 0.772. The van der Waals surface area contributed by atoms with E-state index in [0.29, 0.717) is 6.61 Å². The van der Waals surface area contributed by atoms with Crippen molar-refractivity contribution in [2.45, 2.75) is 30.7 Å². The summed E-state index contributed by atoms with van der Waals surface area (Å²) in [5.41, 5.74) is 0.373. The second kappa shape index (κ2) is 8.98. The number of rotatable bonds is 6. The molecule has 0 spiro atoms. The first-order valence-electron chi connectivity index (χ1n) is 8.09. The van der Waals surface area contributed by atoms with Crippen molar-refractivity contribution in [1.82, 2.24) is 10.6 Å². The van der Waals surface area contributed by atoms with E-state index < -0.39 is 15.3 Å². The van der Waals surface area contributed by atoms with Crippen LogP contribution in [-0.4, -0.2) is 47.4 Å². The molecule has 1 unspecified atom stereocenters. The summed E-state index contributed by atoms with van der Waals surface area (Å²) >= 11 is 0. The minimum absolute atomic E-state index is 0. The third-order valence-electron chi connectivity index (χ3n) is 4.62. The molecule has 1 fully saturated rings. The molecule has 1 saturated heterocycles. The van der Waals surface area contributed by atoms with E-state index in [1.165, 1.54) is 6.26 Å². The molecule has 1 aromatic carbocycles. The fraction of sp³-hybridized carbons (Fsp3) is 0.588. The number of carbonyl (C=O) groups is 1. The first kappa shape index (κ1) is 21.9. The Morgan fingerprint density at radius 1 is 1.28 bits per heavy atom. The average molecular weight is 391 g/mol. The van der Waals surface area contributed by atoms with Crippen molar-refractivity contribution in [3.63, 3.8) is 0 Å². The van der Waals surface area contributed by atoms with Crippen molar-refractivity contribution >= 4 is 28.2 Å². The Kier molecular flexibility index (Phi) is 7.87. The monoisotopic (exact) mass is 390 g/mol.